The molecule has 3 unspecified atom stereocenters. The number of ether oxygens (including phenoxy) is 1. The molecule has 0 aliphatic carbocycles. The highest BCUT2D eigenvalue weighted by Crippen LogP contribution is 2.29. The van der Waals surface area contributed by atoms with Crippen LogP contribution in [0.5, 0.6) is 0 Å². The first-order valence-electron chi connectivity index (χ1n) is 6.19. The second kappa shape index (κ2) is 6.42. The molecule has 1 aliphatic rings. The predicted molar refractivity (Wildman–Crippen MR) is 64.0 cm³/mol. The van der Waals surface area contributed by atoms with Gasteiger partial charge in [0.15, 0.2) is 5.84 Å². The highest BCUT2D eigenvalue weighted by molar-refractivity contribution is 5.83. The van der Waals surface area contributed by atoms with Crippen molar-refractivity contribution < 1.29 is 23.1 Å². The van der Waals surface area contributed by atoms with Crippen molar-refractivity contribution in [3.05, 3.63) is 0 Å². The van der Waals surface area contributed by atoms with Crippen molar-refractivity contribution in [3.8, 4) is 0 Å². The molecule has 1 rings (SSSR count). The average molecular weight is 283 g/mol. The summed E-state index contributed by atoms with van der Waals surface area (Å²) in [6, 6.07) is -0.0763. The van der Waals surface area contributed by atoms with Gasteiger partial charge in [-0.15, -0.1) is 0 Å². The zero-order valence-electron chi connectivity index (χ0n) is 11.0. The molecule has 3 N–H and O–H groups in total. The number of rotatable bonds is 4. The van der Waals surface area contributed by atoms with E-state index in [0.717, 1.165) is 0 Å². The van der Waals surface area contributed by atoms with Crippen LogP contribution in [0.15, 0.2) is 5.16 Å². The Morgan fingerprint density at radius 3 is 2.68 bits per heavy atom. The summed E-state index contributed by atoms with van der Waals surface area (Å²) in [4.78, 5) is 1.70. The van der Waals surface area contributed by atoms with Gasteiger partial charge in [0.05, 0.1) is 12.7 Å². The van der Waals surface area contributed by atoms with Gasteiger partial charge < -0.3 is 15.7 Å². The van der Waals surface area contributed by atoms with Crippen LogP contribution in [-0.4, -0.2) is 54.0 Å². The van der Waals surface area contributed by atoms with Gasteiger partial charge in [0, 0.05) is 19.1 Å². The molecule has 1 saturated heterocycles. The summed E-state index contributed by atoms with van der Waals surface area (Å²) in [6.07, 6.45) is -3.96. The van der Waals surface area contributed by atoms with Crippen LogP contribution < -0.4 is 5.73 Å². The van der Waals surface area contributed by atoms with Crippen molar-refractivity contribution in [1.82, 2.24) is 4.90 Å². The summed E-state index contributed by atoms with van der Waals surface area (Å²) in [5, 5.41) is 11.0. The maximum absolute atomic E-state index is 12.9. The lowest BCUT2D eigenvalue weighted by Crippen LogP contribution is -2.53. The van der Waals surface area contributed by atoms with Crippen LogP contribution in [0.25, 0.3) is 0 Å². The standard InChI is InChI=1S/C11H20F3N3O2/c1-3-8-6-19-7(2)4-17(8)5-9(10(15)16-18)11(12,13)14/h7-9,18H,3-6H2,1-2H3,(H2,15,16). The van der Waals surface area contributed by atoms with Crippen molar-refractivity contribution in [3.63, 3.8) is 0 Å². The zero-order chi connectivity index (χ0) is 14.6. The van der Waals surface area contributed by atoms with E-state index in [1.54, 1.807) is 4.90 Å². The molecule has 8 heteroatoms. The number of nitrogens with two attached hydrogens (primary N) is 1. The molecule has 0 aromatic heterocycles. The quantitative estimate of drug-likeness (QED) is 0.354. The van der Waals surface area contributed by atoms with E-state index in [0.29, 0.717) is 19.6 Å². The van der Waals surface area contributed by atoms with E-state index in [-0.39, 0.29) is 18.7 Å². The molecule has 0 amide bonds. The summed E-state index contributed by atoms with van der Waals surface area (Å²) in [6.45, 7) is 4.20. The summed E-state index contributed by atoms with van der Waals surface area (Å²) >= 11 is 0. The molecule has 112 valence electrons. The van der Waals surface area contributed by atoms with Crippen molar-refractivity contribution in [2.75, 3.05) is 19.7 Å². The largest absolute Gasteiger partial charge is 0.409 e. The smallest absolute Gasteiger partial charge is 0.400 e. The molecule has 0 saturated carbocycles. The first-order valence-corrected chi connectivity index (χ1v) is 6.19. The van der Waals surface area contributed by atoms with E-state index in [1.807, 2.05) is 13.8 Å². The zero-order valence-corrected chi connectivity index (χ0v) is 11.0. The van der Waals surface area contributed by atoms with Crippen molar-refractivity contribution >= 4 is 5.84 Å². The van der Waals surface area contributed by atoms with E-state index >= 15 is 0 Å². The van der Waals surface area contributed by atoms with Crippen LogP contribution in [0.1, 0.15) is 20.3 Å². The molecule has 0 aromatic carbocycles. The number of halogens is 3. The predicted octanol–water partition coefficient (Wildman–Crippen LogP) is 1.41. The van der Waals surface area contributed by atoms with Crippen LogP contribution in [0, 0.1) is 5.92 Å². The second-order valence-corrected chi connectivity index (χ2v) is 4.78. The number of hydrogen-bond acceptors (Lipinski definition) is 4. The number of alkyl halides is 3. The highest BCUT2D eigenvalue weighted by atomic mass is 19.4. The van der Waals surface area contributed by atoms with Crippen LogP contribution in [0.2, 0.25) is 0 Å². The lowest BCUT2D eigenvalue weighted by molar-refractivity contribution is -0.167. The van der Waals surface area contributed by atoms with Gasteiger partial charge in [-0.25, -0.2) is 0 Å². The Labute approximate surface area is 110 Å². The summed E-state index contributed by atoms with van der Waals surface area (Å²) in [5.74, 6) is -2.77. The molecule has 3 atom stereocenters. The lowest BCUT2D eigenvalue weighted by atomic mass is 10.0. The third-order valence-corrected chi connectivity index (χ3v) is 3.34. The van der Waals surface area contributed by atoms with Gasteiger partial charge in [-0.05, 0) is 13.3 Å². The van der Waals surface area contributed by atoms with E-state index in [2.05, 4.69) is 5.16 Å². The van der Waals surface area contributed by atoms with Gasteiger partial charge in [0.2, 0.25) is 0 Å². The first-order chi connectivity index (χ1) is 8.79. The SMILES string of the molecule is CCC1COC(C)CN1CC(C(N)=NO)C(F)(F)F. The van der Waals surface area contributed by atoms with Crippen LogP contribution >= 0.6 is 0 Å². The molecule has 0 aromatic rings. The molecule has 0 bridgehead atoms. The molecule has 1 aliphatic heterocycles. The molecule has 19 heavy (non-hydrogen) atoms. The number of oxime groups is 1. The van der Waals surface area contributed by atoms with E-state index in [9.17, 15) is 13.2 Å². The second-order valence-electron chi connectivity index (χ2n) is 4.78. The minimum absolute atomic E-state index is 0.0763. The van der Waals surface area contributed by atoms with Crippen molar-refractivity contribution in [1.29, 1.82) is 0 Å². The lowest BCUT2D eigenvalue weighted by Gasteiger charge is -2.40. The van der Waals surface area contributed by atoms with Gasteiger partial charge in [0.1, 0.15) is 5.92 Å². The average Bonchev–Trinajstić information content (AvgIpc) is 2.34. The highest BCUT2D eigenvalue weighted by Gasteiger charge is 2.45. The number of morpholine rings is 1. The van der Waals surface area contributed by atoms with Gasteiger partial charge in [-0.3, -0.25) is 4.90 Å². The van der Waals surface area contributed by atoms with E-state index < -0.39 is 17.9 Å². The third-order valence-electron chi connectivity index (χ3n) is 3.34. The fourth-order valence-corrected chi connectivity index (χ4v) is 2.18. The Kier molecular flexibility index (Phi) is 5.42. The normalized spacial score (nSPS) is 28.4. The number of amidine groups is 1. The molecule has 1 heterocycles. The van der Waals surface area contributed by atoms with E-state index in [4.69, 9.17) is 15.7 Å². The van der Waals surface area contributed by atoms with Gasteiger partial charge in [-0.2, -0.15) is 13.2 Å². The van der Waals surface area contributed by atoms with Crippen LogP contribution in [0.4, 0.5) is 13.2 Å². The Morgan fingerprint density at radius 2 is 2.21 bits per heavy atom. The fourth-order valence-electron chi connectivity index (χ4n) is 2.18. The molecule has 5 nitrogen and oxygen atoms in total. The monoisotopic (exact) mass is 283 g/mol. The minimum atomic E-state index is -4.53. The molecular formula is C11H20F3N3O2. The van der Waals surface area contributed by atoms with Crippen LogP contribution in [0.3, 0.4) is 0 Å². The summed E-state index contributed by atoms with van der Waals surface area (Å²) in [5.41, 5.74) is 5.16. The van der Waals surface area contributed by atoms with Gasteiger partial charge >= 0.3 is 6.18 Å². The molecule has 0 spiro atoms. The van der Waals surface area contributed by atoms with Gasteiger partial charge in [-0.1, -0.05) is 12.1 Å². The first kappa shape index (κ1) is 16.0. The van der Waals surface area contributed by atoms with Crippen molar-refractivity contribution in [2.24, 2.45) is 16.8 Å². The fraction of sp³-hybridized carbons (Fsp3) is 0.909. The summed E-state index contributed by atoms with van der Waals surface area (Å²) in [7, 11) is 0. The molecule has 1 fully saturated rings. The Balaban J connectivity index is 2.82. The molecular weight excluding hydrogens is 263 g/mol. The topological polar surface area (TPSA) is 71.1 Å². The van der Waals surface area contributed by atoms with E-state index in [1.165, 1.54) is 0 Å². The number of hydrogen-bond donors (Lipinski definition) is 2. The Bertz CT molecular complexity index is 323. The van der Waals surface area contributed by atoms with Gasteiger partial charge in [0.25, 0.3) is 0 Å². The van der Waals surface area contributed by atoms with Crippen molar-refractivity contribution in [2.45, 2.75) is 38.6 Å². The minimum Gasteiger partial charge on any atom is -0.409 e. The Hall–Kier alpha value is -1.02. The number of nitrogens with zero attached hydrogens (tertiary/aromatic N) is 2. The summed E-state index contributed by atoms with van der Waals surface area (Å²) < 4.78 is 44.2. The maximum Gasteiger partial charge on any atom is 0.400 e. The van der Waals surface area contributed by atoms with Crippen LogP contribution in [-0.2, 0) is 4.74 Å². The third kappa shape index (κ3) is 4.24. The maximum atomic E-state index is 12.9. The molecule has 0 radical (unpaired) electrons. The Morgan fingerprint density at radius 1 is 1.58 bits per heavy atom.